The van der Waals surface area contributed by atoms with E-state index in [2.05, 4.69) is 0 Å². The topological polar surface area (TPSA) is 118 Å². The van der Waals surface area contributed by atoms with Gasteiger partial charge in [0.2, 0.25) is 11.5 Å². The van der Waals surface area contributed by atoms with Crippen molar-refractivity contribution in [2.45, 2.75) is 65.2 Å². The Morgan fingerprint density at radius 3 is 1.54 bits per heavy atom. The van der Waals surface area contributed by atoms with E-state index in [0.29, 0.717) is 12.8 Å². The molecule has 0 unspecified atom stereocenters. The number of hydrogen-bond acceptors (Lipinski definition) is 7. The number of aromatic nitrogens is 1. The normalized spacial score (nSPS) is 10.6. The van der Waals surface area contributed by atoms with Gasteiger partial charge < -0.3 is 24.9 Å². The molecule has 24 heavy (non-hydrogen) atoms. The third kappa shape index (κ3) is 5.36. The van der Waals surface area contributed by atoms with Crippen LogP contribution in [0.15, 0.2) is 0 Å². The average Bonchev–Trinajstić information content (AvgIpc) is 2.73. The van der Waals surface area contributed by atoms with Crippen molar-refractivity contribution in [2.24, 2.45) is 0 Å². The lowest BCUT2D eigenvalue weighted by Crippen LogP contribution is -2.11. The van der Waals surface area contributed by atoms with Crippen LogP contribution in [-0.2, 0) is 9.59 Å². The van der Waals surface area contributed by atoms with Gasteiger partial charge in [0.1, 0.15) is 0 Å². The number of ether oxygens (including phenoxy) is 2. The van der Waals surface area contributed by atoms with E-state index in [9.17, 15) is 25.0 Å². The maximum atomic E-state index is 11.8. The first kappa shape index (κ1) is 19.7. The van der Waals surface area contributed by atoms with Gasteiger partial charge in [0.25, 0.3) is 11.8 Å². The molecule has 136 valence electrons. The zero-order valence-corrected chi connectivity index (χ0v) is 14.1. The van der Waals surface area contributed by atoms with E-state index in [1.807, 2.05) is 13.8 Å². The van der Waals surface area contributed by atoms with Crippen molar-refractivity contribution in [3.05, 3.63) is 0 Å². The lowest BCUT2D eigenvalue weighted by Gasteiger charge is -2.06. The highest BCUT2D eigenvalue weighted by Crippen LogP contribution is 2.46. The Bertz CT molecular complexity index is 518. The molecule has 0 saturated heterocycles. The predicted molar refractivity (Wildman–Crippen MR) is 84.5 cm³/mol. The van der Waals surface area contributed by atoms with Crippen LogP contribution in [0, 0.1) is 0 Å². The summed E-state index contributed by atoms with van der Waals surface area (Å²) >= 11 is 0. The lowest BCUT2D eigenvalue weighted by atomic mass is 10.2. The fourth-order valence-corrected chi connectivity index (χ4v) is 2.05. The summed E-state index contributed by atoms with van der Waals surface area (Å²) in [7, 11) is 0. The van der Waals surface area contributed by atoms with E-state index in [-0.39, 0.29) is 17.6 Å². The molecule has 8 heteroatoms. The summed E-state index contributed by atoms with van der Waals surface area (Å²) in [6.07, 6.45) is 4.95. The number of nitrogens with zero attached hydrogens (tertiary/aromatic N) is 1. The molecule has 8 nitrogen and oxygen atoms in total. The van der Waals surface area contributed by atoms with Crippen molar-refractivity contribution in [3.8, 4) is 23.3 Å². The third-order valence-electron chi connectivity index (χ3n) is 3.41. The van der Waals surface area contributed by atoms with Crippen molar-refractivity contribution in [1.29, 1.82) is 0 Å². The van der Waals surface area contributed by atoms with Crippen molar-refractivity contribution in [3.63, 3.8) is 0 Å². The number of esters is 2. The van der Waals surface area contributed by atoms with E-state index in [0.717, 1.165) is 25.7 Å². The Kier molecular flexibility index (Phi) is 7.94. The fraction of sp³-hybridized carbons (Fsp3) is 0.625. The maximum absolute atomic E-state index is 11.8. The Hall–Kier alpha value is -2.38. The number of rotatable bonds is 10. The van der Waals surface area contributed by atoms with Crippen LogP contribution in [0.3, 0.4) is 0 Å². The van der Waals surface area contributed by atoms with Gasteiger partial charge in [-0.2, -0.15) is 0 Å². The fourth-order valence-electron chi connectivity index (χ4n) is 2.05. The molecule has 1 heterocycles. The van der Waals surface area contributed by atoms with Gasteiger partial charge in [-0.1, -0.05) is 39.5 Å². The number of aromatic hydroxyl groups is 2. The highest BCUT2D eigenvalue weighted by molar-refractivity contribution is 5.78. The average molecular weight is 343 g/mol. The molecule has 0 atom stereocenters. The molecule has 0 amide bonds. The molecule has 0 fully saturated rings. The van der Waals surface area contributed by atoms with Crippen LogP contribution in [0.2, 0.25) is 0 Å². The molecule has 0 saturated carbocycles. The zero-order valence-electron chi connectivity index (χ0n) is 14.1. The summed E-state index contributed by atoms with van der Waals surface area (Å²) < 4.78 is 9.88. The van der Waals surface area contributed by atoms with Crippen LogP contribution in [0.1, 0.15) is 65.2 Å². The quantitative estimate of drug-likeness (QED) is 0.339. The van der Waals surface area contributed by atoms with Crippen LogP contribution in [0.25, 0.3) is 0 Å². The Labute approximate surface area is 140 Å². The van der Waals surface area contributed by atoms with Gasteiger partial charge in [0.05, 0.1) is 0 Å². The summed E-state index contributed by atoms with van der Waals surface area (Å²) in [4.78, 5) is 23.5. The largest absolute Gasteiger partial charge is 0.490 e. The molecular formula is C16H25NO7. The van der Waals surface area contributed by atoms with E-state index in [1.165, 1.54) is 0 Å². The number of carbonyl (C=O) groups is 2. The molecule has 0 aliphatic carbocycles. The minimum absolute atomic E-state index is 0.0106. The van der Waals surface area contributed by atoms with Crippen molar-refractivity contribution >= 4 is 11.9 Å². The smallest absolute Gasteiger partial charge is 0.311 e. The maximum Gasteiger partial charge on any atom is 0.311 e. The first-order valence-corrected chi connectivity index (χ1v) is 8.19. The number of hydrogen-bond donors (Lipinski definition) is 3. The Balaban J connectivity index is 2.82. The van der Waals surface area contributed by atoms with Gasteiger partial charge in [-0.05, 0) is 12.8 Å². The zero-order chi connectivity index (χ0) is 18.1. The summed E-state index contributed by atoms with van der Waals surface area (Å²) in [6.45, 7) is 3.97. The minimum Gasteiger partial charge on any atom is -0.490 e. The van der Waals surface area contributed by atoms with Crippen LogP contribution in [-0.4, -0.2) is 32.1 Å². The summed E-state index contributed by atoms with van der Waals surface area (Å²) in [5.74, 6) is -4.28. The third-order valence-corrected chi connectivity index (χ3v) is 3.41. The molecule has 3 N–H and O–H groups in total. The molecule has 0 aromatic carbocycles. The van der Waals surface area contributed by atoms with Gasteiger partial charge >= 0.3 is 11.9 Å². The number of unbranched alkanes of at least 4 members (excludes halogenated alkanes) is 4. The molecule has 1 aromatic heterocycles. The second-order valence-corrected chi connectivity index (χ2v) is 5.48. The summed E-state index contributed by atoms with van der Waals surface area (Å²) in [6, 6.07) is 0. The molecule has 0 aliphatic heterocycles. The van der Waals surface area contributed by atoms with Gasteiger partial charge in [0.15, 0.2) is 0 Å². The molecular weight excluding hydrogens is 318 g/mol. The van der Waals surface area contributed by atoms with Crippen LogP contribution in [0.5, 0.6) is 23.3 Å². The Morgan fingerprint density at radius 1 is 0.833 bits per heavy atom. The molecule has 0 aliphatic rings. The molecule has 0 bridgehead atoms. The molecule has 1 aromatic rings. The van der Waals surface area contributed by atoms with Crippen LogP contribution < -0.4 is 9.47 Å². The highest BCUT2D eigenvalue weighted by Gasteiger charge is 2.29. The molecule has 1 rings (SSSR count). The highest BCUT2D eigenvalue weighted by atomic mass is 16.6. The van der Waals surface area contributed by atoms with E-state index < -0.39 is 35.2 Å². The molecule has 0 spiro atoms. The van der Waals surface area contributed by atoms with E-state index in [4.69, 9.17) is 9.47 Å². The van der Waals surface area contributed by atoms with Crippen LogP contribution >= 0.6 is 0 Å². The van der Waals surface area contributed by atoms with Gasteiger partial charge in [-0.3, -0.25) is 9.59 Å². The monoisotopic (exact) mass is 343 g/mol. The first-order valence-electron chi connectivity index (χ1n) is 8.19. The summed E-state index contributed by atoms with van der Waals surface area (Å²) in [5, 5.41) is 29.0. The van der Waals surface area contributed by atoms with Crippen LogP contribution in [0.4, 0.5) is 0 Å². The lowest BCUT2D eigenvalue weighted by molar-refractivity contribution is -0.137. The van der Waals surface area contributed by atoms with Gasteiger partial charge in [-0.15, -0.1) is 4.73 Å². The minimum atomic E-state index is -0.910. The van der Waals surface area contributed by atoms with Crippen molar-refractivity contribution in [2.75, 3.05) is 0 Å². The van der Waals surface area contributed by atoms with Gasteiger partial charge in [-0.25, -0.2) is 0 Å². The van der Waals surface area contributed by atoms with E-state index >= 15 is 0 Å². The number of carbonyl (C=O) groups excluding carboxylic acids is 2. The molecule has 0 radical (unpaired) electrons. The Morgan fingerprint density at radius 2 is 1.21 bits per heavy atom. The van der Waals surface area contributed by atoms with Crippen molar-refractivity contribution < 1.29 is 34.5 Å². The first-order chi connectivity index (χ1) is 11.4. The van der Waals surface area contributed by atoms with E-state index in [1.54, 1.807) is 0 Å². The van der Waals surface area contributed by atoms with Gasteiger partial charge in [0, 0.05) is 12.8 Å². The SMILES string of the molecule is CCCCCC(=O)Oc1c(OC(=O)CCCCC)c(O)n(O)c1O. The second-order valence-electron chi connectivity index (χ2n) is 5.48. The predicted octanol–water partition coefficient (Wildman–Crippen LogP) is 3.11. The van der Waals surface area contributed by atoms with Crippen molar-refractivity contribution in [1.82, 2.24) is 4.73 Å². The standard InChI is InChI=1S/C16H25NO7/c1-3-5-7-9-11(18)23-13-14(16(21)17(22)15(13)20)24-12(19)10-8-6-4-2/h20-22H,3-10H2,1-2H3. The second kappa shape index (κ2) is 9.69. The summed E-state index contributed by atoms with van der Waals surface area (Å²) in [5.41, 5.74) is 0.